The summed E-state index contributed by atoms with van der Waals surface area (Å²) in [5.41, 5.74) is 3.13. The highest BCUT2D eigenvalue weighted by molar-refractivity contribution is 6.30. The highest BCUT2D eigenvalue weighted by Gasteiger charge is 2.32. The van der Waals surface area contributed by atoms with E-state index in [0.717, 1.165) is 41.7 Å². The smallest absolute Gasteiger partial charge is 0.303 e. The average Bonchev–Trinajstić information content (AvgIpc) is 2.94. The topological polar surface area (TPSA) is 55.8 Å². The molecule has 4 nitrogen and oxygen atoms in total. The molecule has 29 heavy (non-hydrogen) atoms. The van der Waals surface area contributed by atoms with E-state index in [1.54, 1.807) is 12.1 Å². The summed E-state index contributed by atoms with van der Waals surface area (Å²) >= 11 is 6.25. The van der Waals surface area contributed by atoms with Gasteiger partial charge in [0, 0.05) is 23.4 Å². The number of fused-ring (bicyclic) bond motifs is 1. The maximum atomic E-state index is 14.6. The quantitative estimate of drug-likeness (QED) is 0.591. The maximum absolute atomic E-state index is 14.6. The minimum absolute atomic E-state index is 0.0296. The van der Waals surface area contributed by atoms with Crippen LogP contribution in [0, 0.1) is 5.82 Å². The predicted molar refractivity (Wildman–Crippen MR) is 111 cm³/mol. The number of benzene rings is 2. The van der Waals surface area contributed by atoms with E-state index in [2.05, 4.69) is 0 Å². The van der Waals surface area contributed by atoms with Gasteiger partial charge in [-0.25, -0.2) is 4.39 Å². The van der Waals surface area contributed by atoms with E-state index in [9.17, 15) is 9.18 Å². The Morgan fingerprint density at radius 3 is 2.62 bits per heavy atom. The molecular formula is C23H26ClFO4. The molecule has 0 fully saturated rings. The van der Waals surface area contributed by atoms with Gasteiger partial charge in [-0.15, -0.1) is 0 Å². The van der Waals surface area contributed by atoms with Crippen molar-refractivity contribution in [3.8, 4) is 11.5 Å². The maximum Gasteiger partial charge on any atom is 0.303 e. The van der Waals surface area contributed by atoms with Crippen molar-refractivity contribution in [1.82, 2.24) is 0 Å². The van der Waals surface area contributed by atoms with Gasteiger partial charge >= 0.3 is 5.97 Å². The molecule has 3 rings (SSSR count). The third-order valence-electron chi connectivity index (χ3n) is 4.97. The first-order valence-electron chi connectivity index (χ1n) is 9.84. The first-order chi connectivity index (χ1) is 13.7. The third kappa shape index (κ3) is 5.21. The van der Waals surface area contributed by atoms with Crippen molar-refractivity contribution < 1.29 is 23.8 Å². The Morgan fingerprint density at radius 2 is 1.93 bits per heavy atom. The summed E-state index contributed by atoms with van der Waals surface area (Å²) in [6.45, 7) is 6.19. The molecule has 0 aromatic heterocycles. The fraction of sp³-hybridized carbons (Fsp3) is 0.435. The minimum Gasteiger partial charge on any atom is -0.487 e. The van der Waals surface area contributed by atoms with Gasteiger partial charge < -0.3 is 14.6 Å². The lowest BCUT2D eigenvalue weighted by molar-refractivity contribution is -0.136. The summed E-state index contributed by atoms with van der Waals surface area (Å²) in [4.78, 5) is 10.9. The van der Waals surface area contributed by atoms with Crippen molar-refractivity contribution in [3.05, 3.63) is 57.4 Å². The molecule has 0 spiro atoms. The molecule has 1 heterocycles. The van der Waals surface area contributed by atoms with E-state index in [0.29, 0.717) is 17.0 Å². The van der Waals surface area contributed by atoms with Gasteiger partial charge in [-0.3, -0.25) is 4.79 Å². The van der Waals surface area contributed by atoms with Crippen LogP contribution in [0.25, 0.3) is 0 Å². The Kier molecular flexibility index (Phi) is 6.37. The largest absolute Gasteiger partial charge is 0.487 e. The van der Waals surface area contributed by atoms with E-state index in [1.165, 1.54) is 6.07 Å². The van der Waals surface area contributed by atoms with Crippen LogP contribution >= 0.6 is 11.6 Å². The van der Waals surface area contributed by atoms with Crippen LogP contribution in [0.4, 0.5) is 4.39 Å². The number of ether oxygens (including phenoxy) is 2. The number of rotatable bonds is 8. The van der Waals surface area contributed by atoms with Crippen LogP contribution < -0.4 is 9.47 Å². The number of hydrogen-bond acceptors (Lipinski definition) is 3. The molecule has 2 aromatic carbocycles. The molecule has 2 aromatic rings. The van der Waals surface area contributed by atoms with Gasteiger partial charge in [0.1, 0.15) is 18.0 Å². The third-order valence-corrected chi connectivity index (χ3v) is 5.19. The van der Waals surface area contributed by atoms with Gasteiger partial charge in [0.15, 0.2) is 11.6 Å². The zero-order valence-corrected chi connectivity index (χ0v) is 17.7. The van der Waals surface area contributed by atoms with Crippen molar-refractivity contribution in [3.63, 3.8) is 0 Å². The standard InChI is InChI=1S/C23H26ClFO4/c1-4-5-14-11-20(19(25)10-15(14)6-7-21(26)27)28-13-17-9-18(24)8-16-12-23(2,3)29-22(16)17/h8-11H,4-7,12-13H2,1-3H3,(H,26,27). The van der Waals surface area contributed by atoms with Crippen molar-refractivity contribution in [2.75, 3.05) is 0 Å². The fourth-order valence-corrected chi connectivity index (χ4v) is 4.00. The van der Waals surface area contributed by atoms with Gasteiger partial charge in [0.05, 0.1) is 0 Å². The Hall–Kier alpha value is -2.27. The van der Waals surface area contributed by atoms with Crippen molar-refractivity contribution >= 4 is 17.6 Å². The zero-order chi connectivity index (χ0) is 21.2. The zero-order valence-electron chi connectivity index (χ0n) is 17.0. The van der Waals surface area contributed by atoms with E-state index in [1.807, 2.05) is 26.8 Å². The summed E-state index contributed by atoms with van der Waals surface area (Å²) in [5.74, 6) is -0.485. The molecular weight excluding hydrogens is 395 g/mol. The van der Waals surface area contributed by atoms with Gasteiger partial charge in [-0.05, 0) is 67.6 Å². The van der Waals surface area contributed by atoms with E-state index >= 15 is 0 Å². The molecule has 156 valence electrons. The molecule has 1 N–H and O–H groups in total. The summed E-state index contributed by atoms with van der Waals surface area (Å²) in [6, 6.07) is 6.76. The normalized spacial score (nSPS) is 14.4. The number of aliphatic carboxylic acids is 1. The lowest BCUT2D eigenvalue weighted by Crippen LogP contribution is -2.25. The van der Waals surface area contributed by atoms with Crippen molar-refractivity contribution in [1.29, 1.82) is 0 Å². The molecule has 6 heteroatoms. The van der Waals surface area contributed by atoms with Crippen LogP contribution in [0.5, 0.6) is 11.5 Å². The van der Waals surface area contributed by atoms with Gasteiger partial charge in [0.25, 0.3) is 0 Å². The molecule has 0 aliphatic carbocycles. The van der Waals surface area contributed by atoms with Crippen LogP contribution in [0.1, 0.15) is 55.9 Å². The Bertz CT molecular complexity index is 924. The average molecular weight is 421 g/mol. The Morgan fingerprint density at radius 1 is 1.21 bits per heavy atom. The molecule has 0 bridgehead atoms. The lowest BCUT2D eigenvalue weighted by atomic mass is 9.98. The van der Waals surface area contributed by atoms with Crippen LogP contribution in [0.3, 0.4) is 0 Å². The summed E-state index contributed by atoms with van der Waals surface area (Å²) in [6.07, 6.45) is 2.62. The second-order valence-electron chi connectivity index (χ2n) is 8.08. The van der Waals surface area contributed by atoms with Gasteiger partial charge in [-0.2, -0.15) is 0 Å². The minimum atomic E-state index is -0.897. The Balaban J connectivity index is 1.83. The number of hydrogen-bond donors (Lipinski definition) is 1. The van der Waals surface area contributed by atoms with Crippen LogP contribution in [0.15, 0.2) is 24.3 Å². The number of aryl methyl sites for hydroxylation is 2. The second kappa shape index (κ2) is 8.62. The first-order valence-corrected chi connectivity index (χ1v) is 10.2. The Labute approximate surface area is 175 Å². The SMILES string of the molecule is CCCc1cc(OCc2cc(Cl)cc3c2OC(C)(C)C3)c(F)cc1CCC(=O)O. The van der Waals surface area contributed by atoms with Gasteiger partial charge in [0.2, 0.25) is 0 Å². The molecule has 0 saturated heterocycles. The van der Waals surface area contributed by atoms with E-state index in [4.69, 9.17) is 26.2 Å². The highest BCUT2D eigenvalue weighted by atomic mass is 35.5. The first kappa shape index (κ1) is 21.4. The highest BCUT2D eigenvalue weighted by Crippen LogP contribution is 2.40. The molecule has 0 atom stereocenters. The van der Waals surface area contributed by atoms with Gasteiger partial charge in [-0.1, -0.05) is 24.9 Å². The van der Waals surface area contributed by atoms with Crippen molar-refractivity contribution in [2.24, 2.45) is 0 Å². The fourth-order valence-electron chi connectivity index (χ4n) is 3.73. The summed E-state index contributed by atoms with van der Waals surface area (Å²) in [5, 5.41) is 9.52. The molecule has 0 radical (unpaired) electrons. The molecule has 1 aliphatic rings. The second-order valence-corrected chi connectivity index (χ2v) is 8.51. The molecule has 1 aliphatic heterocycles. The summed E-state index contributed by atoms with van der Waals surface area (Å²) in [7, 11) is 0. The van der Waals surface area contributed by atoms with Crippen molar-refractivity contribution in [2.45, 2.75) is 65.1 Å². The van der Waals surface area contributed by atoms with E-state index in [-0.39, 0.29) is 24.4 Å². The number of carboxylic acid groups (broad SMARTS) is 1. The molecule has 0 unspecified atom stereocenters. The predicted octanol–water partition coefficient (Wildman–Crippen LogP) is 5.74. The summed E-state index contributed by atoms with van der Waals surface area (Å²) < 4.78 is 26.5. The number of halogens is 2. The lowest BCUT2D eigenvalue weighted by Gasteiger charge is -2.19. The number of carboxylic acids is 1. The molecule has 0 amide bonds. The van der Waals surface area contributed by atoms with Crippen LogP contribution in [-0.2, 0) is 30.7 Å². The molecule has 0 saturated carbocycles. The number of carbonyl (C=O) groups is 1. The van der Waals surface area contributed by atoms with Crippen LogP contribution in [-0.4, -0.2) is 16.7 Å². The monoisotopic (exact) mass is 420 g/mol. The van der Waals surface area contributed by atoms with E-state index < -0.39 is 11.8 Å². The van der Waals surface area contributed by atoms with Crippen LogP contribution in [0.2, 0.25) is 5.02 Å².